The van der Waals surface area contributed by atoms with E-state index in [0.29, 0.717) is 5.92 Å². The van der Waals surface area contributed by atoms with Gasteiger partial charge in [-0.05, 0) is 63.2 Å². The number of carbonyl (C=O) groups is 1. The van der Waals surface area contributed by atoms with Gasteiger partial charge in [-0.1, -0.05) is 45.1 Å². The highest BCUT2D eigenvalue weighted by Crippen LogP contribution is 2.34. The lowest BCUT2D eigenvalue weighted by Gasteiger charge is -2.31. The van der Waals surface area contributed by atoms with Crippen molar-refractivity contribution in [3.63, 3.8) is 0 Å². The average molecular weight is 346 g/mol. The first-order valence-electron chi connectivity index (χ1n) is 10.5. The van der Waals surface area contributed by atoms with Crippen LogP contribution in [0.5, 0.6) is 0 Å². The molecule has 0 heterocycles. The molecule has 3 nitrogen and oxygen atoms in total. The summed E-state index contributed by atoms with van der Waals surface area (Å²) in [5.74, 6) is 1.52. The highest BCUT2D eigenvalue weighted by Gasteiger charge is 2.30. The first-order chi connectivity index (χ1) is 12.2. The number of hydrogen-bond acceptors (Lipinski definition) is 3. The van der Waals surface area contributed by atoms with E-state index < -0.39 is 0 Å². The van der Waals surface area contributed by atoms with Gasteiger partial charge in [-0.3, -0.25) is 4.79 Å². The number of rotatable bonds is 8. The summed E-state index contributed by atoms with van der Waals surface area (Å²) >= 11 is 0. The van der Waals surface area contributed by atoms with Crippen LogP contribution in [0.2, 0.25) is 0 Å². The van der Waals surface area contributed by atoms with E-state index in [0.717, 1.165) is 44.4 Å². The number of unbranched alkanes of at least 4 members (excludes halogenated alkanes) is 3. The van der Waals surface area contributed by atoms with Crippen LogP contribution in [-0.2, 0) is 9.53 Å². The molecular weight excluding hydrogens is 310 g/mol. The number of ether oxygens (including phenoxy) is 1. The molecule has 3 heteroatoms. The largest absolute Gasteiger partial charge is 0.462 e. The van der Waals surface area contributed by atoms with Crippen molar-refractivity contribution in [3.8, 4) is 6.07 Å². The summed E-state index contributed by atoms with van der Waals surface area (Å²) in [5, 5.41) is 8.60. The van der Waals surface area contributed by atoms with Crippen molar-refractivity contribution in [1.29, 1.82) is 5.26 Å². The van der Waals surface area contributed by atoms with Crippen molar-refractivity contribution in [1.82, 2.24) is 0 Å². The molecule has 0 radical (unpaired) electrons. The van der Waals surface area contributed by atoms with Gasteiger partial charge < -0.3 is 4.74 Å². The van der Waals surface area contributed by atoms with E-state index in [1.807, 2.05) is 6.08 Å². The standard InChI is InChI=1S/C22H35NO2/c1-2-3-4-5-7-18-9-13-20(14-10-18)22(24)25-21-15-11-19(12-16-21)8-6-17-23/h6,8,18-21H,2-5,7,9-16H2,1H3/t18-,19-,20-,21-. The summed E-state index contributed by atoms with van der Waals surface area (Å²) in [5.41, 5.74) is 0. The Bertz CT molecular complexity index is 449. The lowest BCUT2D eigenvalue weighted by atomic mass is 9.79. The summed E-state index contributed by atoms with van der Waals surface area (Å²) in [7, 11) is 0. The van der Waals surface area contributed by atoms with Crippen molar-refractivity contribution >= 4 is 5.97 Å². The zero-order valence-electron chi connectivity index (χ0n) is 15.9. The third-order valence-corrected chi connectivity index (χ3v) is 6.09. The molecule has 140 valence electrons. The minimum absolute atomic E-state index is 0.0560. The van der Waals surface area contributed by atoms with E-state index in [9.17, 15) is 4.79 Å². The predicted octanol–water partition coefficient (Wildman–Crippen LogP) is 5.94. The molecule has 2 aliphatic rings. The summed E-state index contributed by atoms with van der Waals surface area (Å²) < 4.78 is 5.80. The van der Waals surface area contributed by atoms with Crippen LogP contribution in [0.4, 0.5) is 0 Å². The Hall–Kier alpha value is -1.30. The number of nitriles is 1. The second-order valence-electron chi connectivity index (χ2n) is 8.03. The SMILES string of the molecule is CCCCCC[C@H]1CC[C@H](C(=O)O[C@H]2CC[C@H](C=CC#N)CC2)CC1. The Morgan fingerprint density at radius 1 is 1.04 bits per heavy atom. The Balaban J connectivity index is 1.61. The molecular formula is C22H35NO2. The lowest BCUT2D eigenvalue weighted by molar-refractivity contribution is -0.157. The van der Waals surface area contributed by atoms with Crippen molar-refractivity contribution in [2.24, 2.45) is 17.8 Å². The first kappa shape index (κ1) is 20.0. The van der Waals surface area contributed by atoms with Gasteiger partial charge in [0.15, 0.2) is 0 Å². The smallest absolute Gasteiger partial charge is 0.309 e. The van der Waals surface area contributed by atoms with Crippen LogP contribution in [0.25, 0.3) is 0 Å². The topological polar surface area (TPSA) is 50.1 Å². The number of allylic oxidation sites excluding steroid dienone is 2. The number of carbonyl (C=O) groups excluding carboxylic acids is 1. The maximum Gasteiger partial charge on any atom is 0.309 e. The highest BCUT2D eigenvalue weighted by atomic mass is 16.5. The molecule has 0 amide bonds. The quantitative estimate of drug-likeness (QED) is 0.310. The van der Waals surface area contributed by atoms with Crippen LogP contribution in [0.15, 0.2) is 12.2 Å². The van der Waals surface area contributed by atoms with Crippen molar-refractivity contribution < 1.29 is 9.53 Å². The second kappa shape index (κ2) is 11.3. The van der Waals surface area contributed by atoms with E-state index >= 15 is 0 Å². The zero-order chi connectivity index (χ0) is 17.9. The van der Waals surface area contributed by atoms with Crippen molar-refractivity contribution in [2.75, 3.05) is 0 Å². The average Bonchev–Trinajstić information content (AvgIpc) is 2.65. The highest BCUT2D eigenvalue weighted by molar-refractivity contribution is 5.72. The second-order valence-corrected chi connectivity index (χ2v) is 8.03. The number of esters is 1. The summed E-state index contributed by atoms with van der Waals surface area (Å²) in [4.78, 5) is 12.4. The molecule has 0 N–H and O–H groups in total. The number of hydrogen-bond donors (Lipinski definition) is 0. The van der Waals surface area contributed by atoms with Gasteiger partial charge in [0.1, 0.15) is 6.10 Å². The van der Waals surface area contributed by atoms with E-state index in [-0.39, 0.29) is 18.0 Å². The van der Waals surface area contributed by atoms with Crippen LogP contribution in [0.1, 0.15) is 90.4 Å². The first-order valence-corrected chi connectivity index (χ1v) is 10.5. The molecule has 2 rings (SSSR count). The molecule has 2 aliphatic carbocycles. The van der Waals surface area contributed by atoms with Crippen LogP contribution in [-0.4, -0.2) is 12.1 Å². The molecule has 0 bridgehead atoms. The minimum Gasteiger partial charge on any atom is -0.462 e. The van der Waals surface area contributed by atoms with Gasteiger partial charge in [-0.2, -0.15) is 5.26 Å². The zero-order valence-corrected chi connectivity index (χ0v) is 15.9. The molecule has 0 atom stereocenters. The maximum atomic E-state index is 12.4. The molecule has 2 saturated carbocycles. The third kappa shape index (κ3) is 7.22. The Morgan fingerprint density at radius 2 is 1.76 bits per heavy atom. The van der Waals surface area contributed by atoms with Gasteiger partial charge in [0, 0.05) is 6.08 Å². The van der Waals surface area contributed by atoms with Crippen molar-refractivity contribution in [2.45, 2.75) is 96.5 Å². The summed E-state index contributed by atoms with van der Waals surface area (Å²) in [6.45, 7) is 2.26. The van der Waals surface area contributed by atoms with Crippen molar-refractivity contribution in [3.05, 3.63) is 12.2 Å². The Kier molecular flexibility index (Phi) is 9.08. The summed E-state index contributed by atoms with van der Waals surface area (Å²) in [6, 6.07) is 2.06. The minimum atomic E-state index is 0.0560. The fraction of sp³-hybridized carbons (Fsp3) is 0.818. The molecule has 25 heavy (non-hydrogen) atoms. The van der Waals surface area contributed by atoms with Gasteiger partial charge in [-0.15, -0.1) is 0 Å². The maximum absolute atomic E-state index is 12.4. The molecule has 0 aromatic carbocycles. The molecule has 0 saturated heterocycles. The van der Waals surface area contributed by atoms with Gasteiger partial charge >= 0.3 is 5.97 Å². The molecule has 0 spiro atoms. The molecule has 0 aliphatic heterocycles. The van der Waals surface area contributed by atoms with Gasteiger partial charge in [0.05, 0.1) is 12.0 Å². The molecule has 0 unspecified atom stereocenters. The fourth-order valence-corrected chi connectivity index (χ4v) is 4.39. The number of nitrogens with zero attached hydrogens (tertiary/aromatic N) is 1. The molecule has 2 fully saturated rings. The van der Waals surface area contributed by atoms with Crippen LogP contribution < -0.4 is 0 Å². The molecule has 0 aromatic heterocycles. The lowest BCUT2D eigenvalue weighted by Crippen LogP contribution is -2.29. The van der Waals surface area contributed by atoms with Gasteiger partial charge in [-0.25, -0.2) is 0 Å². The summed E-state index contributed by atoms with van der Waals surface area (Å²) in [6.07, 6.45) is 18.8. The monoisotopic (exact) mass is 345 g/mol. The predicted molar refractivity (Wildman–Crippen MR) is 101 cm³/mol. The van der Waals surface area contributed by atoms with Gasteiger partial charge in [0.25, 0.3) is 0 Å². The third-order valence-electron chi connectivity index (χ3n) is 6.09. The van der Waals surface area contributed by atoms with Gasteiger partial charge in [0.2, 0.25) is 0 Å². The normalized spacial score (nSPS) is 30.1. The Labute approximate surface area is 153 Å². The molecule has 0 aromatic rings. The van der Waals surface area contributed by atoms with E-state index in [1.54, 1.807) is 6.08 Å². The van der Waals surface area contributed by atoms with Crippen LogP contribution >= 0.6 is 0 Å². The van der Waals surface area contributed by atoms with E-state index in [2.05, 4.69) is 13.0 Å². The van der Waals surface area contributed by atoms with Crippen LogP contribution in [0, 0.1) is 29.1 Å². The van der Waals surface area contributed by atoms with Crippen LogP contribution in [0.3, 0.4) is 0 Å². The van der Waals surface area contributed by atoms with E-state index in [4.69, 9.17) is 10.00 Å². The Morgan fingerprint density at radius 3 is 2.40 bits per heavy atom. The fourth-order valence-electron chi connectivity index (χ4n) is 4.39. The van der Waals surface area contributed by atoms with E-state index in [1.165, 1.54) is 44.9 Å².